The van der Waals surface area contributed by atoms with E-state index in [0.29, 0.717) is 0 Å². The van der Waals surface area contributed by atoms with Gasteiger partial charge in [0.1, 0.15) is 0 Å². The lowest BCUT2D eigenvalue weighted by molar-refractivity contribution is 0.0868. The lowest BCUT2D eigenvalue weighted by Crippen LogP contribution is -2.33. The maximum Gasteiger partial charge on any atom is -0.0331 e. The fraction of sp³-hybridized carbons (Fsp3) is 1.00. The summed E-state index contributed by atoms with van der Waals surface area (Å²) in [6.07, 6.45) is 3.05. The first-order chi connectivity index (χ1) is 4.70. The van der Waals surface area contributed by atoms with E-state index in [-0.39, 0.29) is 0 Å². The van der Waals surface area contributed by atoms with Crippen molar-refractivity contribution in [3.8, 4) is 0 Å². The van der Waals surface area contributed by atoms with Crippen molar-refractivity contribution in [1.29, 1.82) is 0 Å². The maximum atomic E-state index is 2.45. The Hall–Kier alpha value is 0. The minimum absolute atomic E-state index is 1.01. The van der Waals surface area contributed by atoms with Gasteiger partial charge in [-0.15, -0.1) is 0 Å². The van der Waals surface area contributed by atoms with E-state index in [2.05, 4.69) is 20.8 Å². The van der Waals surface area contributed by atoms with Gasteiger partial charge in [-0.2, -0.15) is 0 Å². The number of hydrogen-bond acceptors (Lipinski definition) is 0. The fourth-order valence-corrected chi connectivity index (χ4v) is 3.33. The Bertz CT molecular complexity index is 139. The van der Waals surface area contributed by atoms with Gasteiger partial charge in [0, 0.05) is 0 Å². The van der Waals surface area contributed by atoms with Crippen LogP contribution < -0.4 is 0 Å². The van der Waals surface area contributed by atoms with Crippen LogP contribution in [0, 0.1) is 29.6 Å². The molecule has 2 saturated carbocycles. The van der Waals surface area contributed by atoms with E-state index in [4.69, 9.17) is 0 Å². The van der Waals surface area contributed by atoms with Crippen molar-refractivity contribution < 1.29 is 0 Å². The van der Waals surface area contributed by atoms with Crippen LogP contribution in [0.4, 0.5) is 0 Å². The van der Waals surface area contributed by atoms with Crippen LogP contribution in [0.25, 0.3) is 0 Å². The van der Waals surface area contributed by atoms with Crippen molar-refractivity contribution in [2.24, 2.45) is 29.6 Å². The van der Waals surface area contributed by atoms with Gasteiger partial charge in [0.2, 0.25) is 0 Å². The summed E-state index contributed by atoms with van der Waals surface area (Å²) in [5.41, 5.74) is 0. The summed E-state index contributed by atoms with van der Waals surface area (Å²) in [5.74, 6) is 5.31. The topological polar surface area (TPSA) is 0 Å². The summed E-state index contributed by atoms with van der Waals surface area (Å²) in [5, 5.41) is 0. The Morgan fingerprint density at radius 1 is 0.900 bits per heavy atom. The molecule has 2 aliphatic rings. The molecular weight excluding hydrogens is 120 g/mol. The Kier molecular flexibility index (Phi) is 1.33. The molecule has 0 aromatic heterocycles. The molecule has 0 N–H and O–H groups in total. The molecule has 2 fully saturated rings. The van der Waals surface area contributed by atoms with Gasteiger partial charge < -0.3 is 0 Å². The summed E-state index contributed by atoms with van der Waals surface area (Å²) < 4.78 is 0. The van der Waals surface area contributed by atoms with Crippen LogP contribution in [0.2, 0.25) is 0 Å². The highest BCUT2D eigenvalue weighted by atomic mass is 14.5. The van der Waals surface area contributed by atoms with Crippen LogP contribution in [-0.2, 0) is 0 Å². The van der Waals surface area contributed by atoms with Crippen LogP contribution in [0.1, 0.15) is 33.6 Å². The van der Waals surface area contributed by atoms with E-state index in [0.717, 1.165) is 29.6 Å². The molecule has 5 atom stereocenters. The highest BCUT2D eigenvalue weighted by molar-refractivity contribution is 4.97. The monoisotopic (exact) mass is 138 g/mol. The Labute approximate surface area is 64.0 Å². The summed E-state index contributed by atoms with van der Waals surface area (Å²) >= 11 is 0. The molecule has 0 aromatic carbocycles. The molecule has 10 heavy (non-hydrogen) atoms. The van der Waals surface area contributed by atoms with E-state index >= 15 is 0 Å². The van der Waals surface area contributed by atoms with Crippen molar-refractivity contribution in [1.82, 2.24) is 0 Å². The first-order valence-corrected chi connectivity index (χ1v) is 4.70. The molecule has 0 saturated heterocycles. The summed E-state index contributed by atoms with van der Waals surface area (Å²) in [6, 6.07) is 0. The maximum absolute atomic E-state index is 2.45. The van der Waals surface area contributed by atoms with Crippen molar-refractivity contribution in [3.63, 3.8) is 0 Å². The Morgan fingerprint density at radius 3 is 1.90 bits per heavy atom. The van der Waals surface area contributed by atoms with Crippen LogP contribution in [0.15, 0.2) is 0 Å². The number of hydrogen-bond donors (Lipinski definition) is 0. The van der Waals surface area contributed by atoms with Crippen LogP contribution in [0.3, 0.4) is 0 Å². The number of rotatable bonds is 0. The standard InChI is InChI=1S/C10H18/c1-6-4-9-5-7(2)10(9)8(6)3/h6-10H,4-5H2,1-3H3/t6?,7-,8?,9?,10+/m1/s1. The molecule has 2 rings (SSSR count). The molecule has 0 aromatic rings. The highest BCUT2D eigenvalue weighted by Crippen LogP contribution is 2.55. The lowest BCUT2D eigenvalue weighted by Gasteiger charge is -2.40. The van der Waals surface area contributed by atoms with E-state index < -0.39 is 0 Å². The van der Waals surface area contributed by atoms with Gasteiger partial charge in [0.05, 0.1) is 0 Å². The smallest absolute Gasteiger partial charge is 0.0331 e. The SMILES string of the molecule is CC1CC2C[C@@H](C)[C@H]2C1C. The van der Waals surface area contributed by atoms with Crippen LogP contribution >= 0.6 is 0 Å². The van der Waals surface area contributed by atoms with E-state index in [9.17, 15) is 0 Å². The third-order valence-corrected chi connectivity index (χ3v) is 4.06. The van der Waals surface area contributed by atoms with Crippen LogP contribution in [0.5, 0.6) is 0 Å². The minimum atomic E-state index is 1.01. The van der Waals surface area contributed by atoms with Crippen LogP contribution in [-0.4, -0.2) is 0 Å². The second-order valence-corrected chi connectivity index (χ2v) is 4.62. The van der Waals surface area contributed by atoms with Gasteiger partial charge in [-0.3, -0.25) is 0 Å². The Balaban J connectivity index is 2.08. The molecule has 0 amide bonds. The van der Waals surface area contributed by atoms with Gasteiger partial charge in [-0.05, 0) is 42.4 Å². The predicted octanol–water partition coefficient (Wildman–Crippen LogP) is 2.93. The van der Waals surface area contributed by atoms with Gasteiger partial charge in [0.25, 0.3) is 0 Å². The van der Waals surface area contributed by atoms with Gasteiger partial charge in [-0.25, -0.2) is 0 Å². The van der Waals surface area contributed by atoms with Crippen molar-refractivity contribution in [2.45, 2.75) is 33.6 Å². The molecule has 0 bridgehead atoms. The molecule has 0 aliphatic heterocycles. The molecular formula is C10H18. The lowest BCUT2D eigenvalue weighted by atomic mass is 9.65. The summed E-state index contributed by atoms with van der Waals surface area (Å²) in [7, 11) is 0. The van der Waals surface area contributed by atoms with Gasteiger partial charge in [0.15, 0.2) is 0 Å². The third-order valence-electron chi connectivity index (χ3n) is 4.06. The minimum Gasteiger partial charge on any atom is -0.0622 e. The normalized spacial score (nSPS) is 59.7. The molecule has 0 heteroatoms. The van der Waals surface area contributed by atoms with Crippen molar-refractivity contribution in [3.05, 3.63) is 0 Å². The third kappa shape index (κ3) is 0.681. The van der Waals surface area contributed by atoms with E-state index in [1.807, 2.05) is 0 Å². The second-order valence-electron chi connectivity index (χ2n) is 4.62. The average molecular weight is 138 g/mol. The van der Waals surface area contributed by atoms with Crippen molar-refractivity contribution >= 4 is 0 Å². The first kappa shape index (κ1) is 6.69. The van der Waals surface area contributed by atoms with Crippen molar-refractivity contribution in [2.75, 3.05) is 0 Å². The van der Waals surface area contributed by atoms with Gasteiger partial charge >= 0.3 is 0 Å². The van der Waals surface area contributed by atoms with E-state index in [1.54, 1.807) is 0 Å². The zero-order valence-corrected chi connectivity index (χ0v) is 7.30. The summed E-state index contributed by atoms with van der Waals surface area (Å²) in [4.78, 5) is 0. The molecule has 2 aliphatic carbocycles. The molecule has 0 nitrogen and oxygen atoms in total. The molecule has 0 heterocycles. The Morgan fingerprint density at radius 2 is 1.50 bits per heavy atom. The highest BCUT2D eigenvalue weighted by Gasteiger charge is 2.48. The predicted molar refractivity (Wildman–Crippen MR) is 43.7 cm³/mol. The van der Waals surface area contributed by atoms with Gasteiger partial charge in [-0.1, -0.05) is 20.8 Å². The molecule has 58 valence electrons. The second kappa shape index (κ2) is 1.99. The molecule has 0 radical (unpaired) electrons. The quantitative estimate of drug-likeness (QED) is 0.483. The average Bonchev–Trinajstić information content (AvgIpc) is 2.05. The zero-order chi connectivity index (χ0) is 7.30. The van der Waals surface area contributed by atoms with E-state index in [1.165, 1.54) is 12.8 Å². The fourth-order valence-electron chi connectivity index (χ4n) is 3.33. The molecule has 3 unspecified atom stereocenters. The molecule has 0 spiro atoms. The number of fused-ring (bicyclic) bond motifs is 1. The zero-order valence-electron chi connectivity index (χ0n) is 7.30. The largest absolute Gasteiger partial charge is 0.0622 e. The first-order valence-electron chi connectivity index (χ1n) is 4.70. The summed E-state index contributed by atoms with van der Waals surface area (Å²) in [6.45, 7) is 7.30.